The summed E-state index contributed by atoms with van der Waals surface area (Å²) < 4.78 is 38.5. The molecule has 4 nitrogen and oxygen atoms in total. The van der Waals surface area contributed by atoms with Gasteiger partial charge in [0.1, 0.15) is 0 Å². The first-order chi connectivity index (χ1) is 12.8. The van der Waals surface area contributed by atoms with Crippen molar-refractivity contribution in [2.45, 2.75) is 24.7 Å². The van der Waals surface area contributed by atoms with E-state index in [4.69, 9.17) is 5.11 Å². The van der Waals surface area contributed by atoms with E-state index in [2.05, 4.69) is 5.32 Å². The van der Waals surface area contributed by atoms with Gasteiger partial charge in [-0.15, -0.1) is 0 Å². The summed E-state index contributed by atoms with van der Waals surface area (Å²) in [6.07, 6.45) is -4.23. The molecule has 0 radical (unpaired) electrons. The van der Waals surface area contributed by atoms with E-state index in [1.54, 1.807) is 18.2 Å². The van der Waals surface area contributed by atoms with Crippen molar-refractivity contribution < 1.29 is 23.1 Å². The predicted molar refractivity (Wildman–Crippen MR) is 95.7 cm³/mol. The fourth-order valence-electron chi connectivity index (χ4n) is 3.58. The number of nitrogens with one attached hydrogen (secondary N) is 1. The van der Waals surface area contributed by atoms with E-state index in [9.17, 15) is 18.0 Å². The molecular formula is C20H21F3N2O2. The fourth-order valence-corrected chi connectivity index (χ4v) is 3.58. The minimum atomic E-state index is -4.23. The normalized spacial score (nSPS) is 20.7. The summed E-state index contributed by atoms with van der Waals surface area (Å²) in [6.45, 7) is 0.0893. The van der Waals surface area contributed by atoms with E-state index >= 15 is 0 Å². The molecule has 0 aromatic heterocycles. The van der Waals surface area contributed by atoms with Gasteiger partial charge in [0.05, 0.1) is 12.1 Å². The summed E-state index contributed by atoms with van der Waals surface area (Å²) >= 11 is 0. The topological polar surface area (TPSA) is 52.6 Å². The van der Waals surface area contributed by atoms with Crippen LogP contribution in [0.2, 0.25) is 0 Å². The van der Waals surface area contributed by atoms with E-state index in [-0.39, 0.29) is 24.1 Å². The summed E-state index contributed by atoms with van der Waals surface area (Å²) in [5, 5.41) is 12.4. The van der Waals surface area contributed by atoms with Crippen molar-refractivity contribution in [1.82, 2.24) is 10.2 Å². The van der Waals surface area contributed by atoms with E-state index in [0.717, 1.165) is 11.1 Å². The molecule has 0 spiro atoms. The minimum absolute atomic E-state index is 0.0591. The number of nitrogens with zero attached hydrogens (tertiary/aromatic N) is 1. The van der Waals surface area contributed by atoms with Gasteiger partial charge in [0.25, 0.3) is 0 Å². The largest absolute Gasteiger partial charge is 0.478 e. The predicted octanol–water partition coefficient (Wildman–Crippen LogP) is 3.50. The lowest BCUT2D eigenvalue weighted by Gasteiger charge is -2.20. The Labute approximate surface area is 155 Å². The first kappa shape index (κ1) is 19.4. The maximum Gasteiger partial charge on any atom is 0.401 e. The smallest absolute Gasteiger partial charge is 0.401 e. The van der Waals surface area contributed by atoms with Crippen LogP contribution in [0, 0.1) is 0 Å². The van der Waals surface area contributed by atoms with Crippen LogP contribution in [0.1, 0.15) is 27.4 Å². The van der Waals surface area contributed by atoms with Crippen LogP contribution in [0.3, 0.4) is 0 Å². The molecule has 1 saturated heterocycles. The second-order valence-corrected chi connectivity index (χ2v) is 6.82. The molecule has 0 unspecified atom stereocenters. The average molecular weight is 378 g/mol. The number of rotatable bonds is 6. The molecule has 27 heavy (non-hydrogen) atoms. The molecule has 1 fully saturated rings. The Hall–Kier alpha value is -2.38. The molecule has 0 bridgehead atoms. The second kappa shape index (κ2) is 8.10. The number of halogens is 3. The standard InChI is InChI=1S/C20H21F3N2O2/c21-20(22,23)13-25-11-17(15-6-2-1-3-7-15)18(12-25)24-10-14-5-4-8-16(9-14)19(26)27/h1-9,17-18,24H,10-13H2,(H,26,27)/t17-,18+/m0/s1. The van der Waals surface area contributed by atoms with Crippen molar-refractivity contribution in [3.63, 3.8) is 0 Å². The summed E-state index contributed by atoms with van der Waals surface area (Å²) in [5.41, 5.74) is 1.98. The molecule has 2 aromatic rings. The van der Waals surface area contributed by atoms with Crippen LogP contribution in [0.4, 0.5) is 13.2 Å². The van der Waals surface area contributed by atoms with Crippen LogP contribution in [0.5, 0.6) is 0 Å². The van der Waals surface area contributed by atoms with Crippen molar-refractivity contribution >= 4 is 5.97 Å². The zero-order valence-electron chi connectivity index (χ0n) is 14.6. The summed E-state index contributed by atoms with van der Waals surface area (Å²) in [6, 6.07) is 15.9. The van der Waals surface area contributed by atoms with E-state index in [1.807, 2.05) is 30.3 Å². The van der Waals surface area contributed by atoms with Gasteiger partial charge in [0.2, 0.25) is 0 Å². The molecule has 0 saturated carbocycles. The third-order valence-electron chi connectivity index (χ3n) is 4.77. The number of aromatic carboxylic acids is 1. The highest BCUT2D eigenvalue weighted by atomic mass is 19.4. The molecule has 2 atom stereocenters. The zero-order chi connectivity index (χ0) is 19.4. The van der Waals surface area contributed by atoms with Crippen LogP contribution in [-0.4, -0.2) is 47.8 Å². The van der Waals surface area contributed by atoms with Crippen molar-refractivity contribution in [1.29, 1.82) is 0 Å². The number of benzene rings is 2. The first-order valence-corrected chi connectivity index (χ1v) is 8.71. The van der Waals surface area contributed by atoms with Crippen molar-refractivity contribution in [2.24, 2.45) is 0 Å². The Balaban J connectivity index is 1.72. The number of alkyl halides is 3. The first-order valence-electron chi connectivity index (χ1n) is 8.71. The van der Waals surface area contributed by atoms with Crippen LogP contribution in [0.15, 0.2) is 54.6 Å². The lowest BCUT2D eigenvalue weighted by atomic mass is 9.94. The van der Waals surface area contributed by atoms with Crippen LogP contribution in [0.25, 0.3) is 0 Å². The van der Waals surface area contributed by atoms with Crippen molar-refractivity contribution in [3.05, 3.63) is 71.3 Å². The fraction of sp³-hybridized carbons (Fsp3) is 0.350. The molecule has 7 heteroatoms. The van der Waals surface area contributed by atoms with Gasteiger partial charge in [-0.05, 0) is 23.3 Å². The van der Waals surface area contributed by atoms with Gasteiger partial charge < -0.3 is 10.4 Å². The van der Waals surface area contributed by atoms with Gasteiger partial charge in [0, 0.05) is 31.6 Å². The number of hydrogen-bond acceptors (Lipinski definition) is 3. The highest BCUT2D eigenvalue weighted by molar-refractivity contribution is 5.87. The molecule has 1 aliphatic heterocycles. The Morgan fingerprint density at radius 3 is 2.52 bits per heavy atom. The Morgan fingerprint density at radius 1 is 1.11 bits per heavy atom. The number of hydrogen-bond donors (Lipinski definition) is 2. The molecular weight excluding hydrogens is 357 g/mol. The van der Waals surface area contributed by atoms with Gasteiger partial charge in [-0.2, -0.15) is 13.2 Å². The Bertz CT molecular complexity index is 780. The minimum Gasteiger partial charge on any atom is -0.478 e. The molecule has 3 rings (SSSR count). The zero-order valence-corrected chi connectivity index (χ0v) is 14.6. The molecule has 2 N–H and O–H groups in total. The summed E-state index contributed by atoms with van der Waals surface area (Å²) in [5.74, 6) is -1.06. The summed E-state index contributed by atoms with van der Waals surface area (Å²) in [4.78, 5) is 12.5. The quantitative estimate of drug-likeness (QED) is 0.808. The van der Waals surface area contributed by atoms with E-state index < -0.39 is 18.7 Å². The lowest BCUT2D eigenvalue weighted by molar-refractivity contribution is -0.143. The van der Waals surface area contributed by atoms with Gasteiger partial charge in [-0.1, -0.05) is 42.5 Å². The van der Waals surface area contributed by atoms with Gasteiger partial charge in [-0.3, -0.25) is 4.90 Å². The molecule has 2 aromatic carbocycles. The van der Waals surface area contributed by atoms with Crippen LogP contribution in [-0.2, 0) is 6.54 Å². The average Bonchev–Trinajstić information content (AvgIpc) is 3.01. The SMILES string of the molecule is O=C(O)c1cccc(CN[C@@H]2CN(CC(F)(F)F)C[C@H]2c2ccccc2)c1. The van der Waals surface area contributed by atoms with Crippen LogP contribution < -0.4 is 5.32 Å². The number of likely N-dealkylation sites (tertiary alicyclic amines) is 1. The molecule has 0 aliphatic carbocycles. The van der Waals surface area contributed by atoms with E-state index in [1.165, 1.54) is 11.0 Å². The van der Waals surface area contributed by atoms with E-state index in [0.29, 0.717) is 13.1 Å². The molecule has 1 aliphatic rings. The monoisotopic (exact) mass is 378 g/mol. The lowest BCUT2D eigenvalue weighted by Crippen LogP contribution is -2.37. The molecule has 1 heterocycles. The van der Waals surface area contributed by atoms with Crippen molar-refractivity contribution in [3.8, 4) is 0 Å². The highest BCUT2D eigenvalue weighted by Crippen LogP contribution is 2.30. The van der Waals surface area contributed by atoms with Crippen molar-refractivity contribution in [2.75, 3.05) is 19.6 Å². The number of carboxylic acid groups (broad SMARTS) is 1. The summed E-state index contributed by atoms with van der Waals surface area (Å²) in [7, 11) is 0. The maximum absolute atomic E-state index is 12.8. The third kappa shape index (κ3) is 5.30. The second-order valence-electron chi connectivity index (χ2n) is 6.82. The molecule has 0 amide bonds. The van der Waals surface area contributed by atoms with Gasteiger partial charge >= 0.3 is 12.1 Å². The number of carboxylic acids is 1. The molecule has 144 valence electrons. The van der Waals surface area contributed by atoms with Gasteiger partial charge in [0.15, 0.2) is 0 Å². The van der Waals surface area contributed by atoms with Crippen LogP contribution >= 0.6 is 0 Å². The third-order valence-corrected chi connectivity index (χ3v) is 4.77. The Morgan fingerprint density at radius 2 is 1.85 bits per heavy atom. The van der Waals surface area contributed by atoms with Gasteiger partial charge in [-0.25, -0.2) is 4.79 Å². The maximum atomic E-state index is 12.8. The Kier molecular flexibility index (Phi) is 5.82. The highest BCUT2D eigenvalue weighted by Gasteiger charge is 2.39. The number of carbonyl (C=O) groups is 1.